The van der Waals surface area contributed by atoms with Gasteiger partial charge in [-0.3, -0.25) is 4.79 Å². The van der Waals surface area contributed by atoms with Gasteiger partial charge in [0, 0.05) is 19.9 Å². The smallest absolute Gasteiger partial charge is 0.389 e. The van der Waals surface area contributed by atoms with Crippen molar-refractivity contribution in [2.75, 3.05) is 6.61 Å². The summed E-state index contributed by atoms with van der Waals surface area (Å²) >= 11 is 6.30. The van der Waals surface area contributed by atoms with Crippen LogP contribution in [0.25, 0.3) is 11.0 Å². The lowest BCUT2D eigenvalue weighted by Gasteiger charge is -2.12. The zero-order valence-electron chi connectivity index (χ0n) is 14.6. The first-order valence-electron chi connectivity index (χ1n) is 8.05. The maximum Gasteiger partial charge on any atom is 0.389 e. The van der Waals surface area contributed by atoms with Crippen molar-refractivity contribution in [3.05, 3.63) is 22.5 Å². The van der Waals surface area contributed by atoms with E-state index in [1.165, 1.54) is 17.8 Å². The average Bonchev–Trinajstić information content (AvgIpc) is 2.95. The Morgan fingerprint density at radius 3 is 2.59 bits per heavy atom. The number of aryl methyl sites for hydroxylation is 1. The Hall–Kier alpha value is -2.36. The van der Waals surface area contributed by atoms with Crippen LogP contribution < -0.4 is 0 Å². The molecule has 0 atom stereocenters. The SMILES string of the molecule is CCOC(=O)c1c(COC(C)=O)nc2c(cnn2CCCC(F)(F)F)c1Cl. The van der Waals surface area contributed by atoms with E-state index in [0.717, 1.165) is 0 Å². The molecule has 0 aliphatic rings. The number of carbonyl (C=O) groups is 2. The monoisotopic (exact) mass is 407 g/mol. The Bertz CT molecular complexity index is 852. The number of ether oxygens (including phenoxy) is 2. The maximum atomic E-state index is 12.4. The van der Waals surface area contributed by atoms with Crippen LogP contribution in [0.4, 0.5) is 13.2 Å². The predicted molar refractivity (Wildman–Crippen MR) is 89.3 cm³/mol. The molecule has 0 spiro atoms. The van der Waals surface area contributed by atoms with Crippen LogP contribution in [0.15, 0.2) is 6.20 Å². The molecular formula is C16H17ClF3N3O4. The Balaban J connectivity index is 2.43. The largest absolute Gasteiger partial charge is 0.462 e. The number of fused-ring (bicyclic) bond motifs is 1. The molecule has 0 radical (unpaired) electrons. The fourth-order valence-corrected chi connectivity index (χ4v) is 2.69. The Morgan fingerprint density at radius 2 is 2.00 bits per heavy atom. The molecule has 0 N–H and O–H groups in total. The van der Waals surface area contributed by atoms with Crippen molar-refractivity contribution < 1.29 is 32.2 Å². The predicted octanol–water partition coefficient (Wildman–Crippen LogP) is 3.67. The minimum atomic E-state index is -4.27. The fourth-order valence-electron chi connectivity index (χ4n) is 2.37. The first-order valence-corrected chi connectivity index (χ1v) is 8.43. The topological polar surface area (TPSA) is 83.3 Å². The molecule has 0 aliphatic heterocycles. The van der Waals surface area contributed by atoms with Gasteiger partial charge in [-0.2, -0.15) is 18.3 Å². The molecule has 2 aromatic rings. The van der Waals surface area contributed by atoms with E-state index in [-0.39, 0.29) is 48.1 Å². The van der Waals surface area contributed by atoms with Crippen LogP contribution in [0.5, 0.6) is 0 Å². The lowest BCUT2D eigenvalue weighted by molar-refractivity contribution is -0.142. The Labute approximate surface area is 157 Å². The van der Waals surface area contributed by atoms with Gasteiger partial charge in [-0.25, -0.2) is 14.5 Å². The summed E-state index contributed by atoms with van der Waals surface area (Å²) in [6, 6.07) is 0. The van der Waals surface area contributed by atoms with Crippen molar-refractivity contribution in [2.45, 2.75) is 46.0 Å². The van der Waals surface area contributed by atoms with Gasteiger partial charge in [0.15, 0.2) is 5.65 Å². The number of halogens is 4. The second-order valence-electron chi connectivity index (χ2n) is 5.57. The number of rotatable bonds is 7. The number of hydrogen-bond acceptors (Lipinski definition) is 6. The molecule has 148 valence electrons. The van der Waals surface area contributed by atoms with Crippen LogP contribution in [0.3, 0.4) is 0 Å². The highest BCUT2D eigenvalue weighted by Gasteiger charge is 2.27. The van der Waals surface area contributed by atoms with Crippen molar-refractivity contribution in [3.63, 3.8) is 0 Å². The van der Waals surface area contributed by atoms with Crippen molar-refractivity contribution in [1.29, 1.82) is 0 Å². The summed E-state index contributed by atoms with van der Waals surface area (Å²) in [5.74, 6) is -1.34. The number of pyridine rings is 1. The summed E-state index contributed by atoms with van der Waals surface area (Å²) in [4.78, 5) is 27.6. The summed E-state index contributed by atoms with van der Waals surface area (Å²) in [5, 5.41) is 4.28. The molecule has 0 bridgehead atoms. The minimum absolute atomic E-state index is 0.0114. The highest BCUT2D eigenvalue weighted by Crippen LogP contribution is 2.30. The minimum Gasteiger partial charge on any atom is -0.462 e. The highest BCUT2D eigenvalue weighted by atomic mass is 35.5. The van der Waals surface area contributed by atoms with E-state index in [1.54, 1.807) is 6.92 Å². The number of hydrogen-bond donors (Lipinski definition) is 0. The molecule has 0 unspecified atom stereocenters. The van der Waals surface area contributed by atoms with E-state index in [2.05, 4.69) is 10.1 Å². The lowest BCUT2D eigenvalue weighted by Crippen LogP contribution is -2.14. The average molecular weight is 408 g/mol. The van der Waals surface area contributed by atoms with Crippen molar-refractivity contribution in [2.24, 2.45) is 0 Å². The van der Waals surface area contributed by atoms with E-state index >= 15 is 0 Å². The second-order valence-corrected chi connectivity index (χ2v) is 5.95. The molecule has 11 heteroatoms. The molecule has 0 fully saturated rings. The standard InChI is InChI=1S/C16H17ClF3N3O4/c1-3-26-15(25)12-11(8-27-9(2)24)22-14-10(13(12)17)7-21-23(14)6-4-5-16(18,19)20/h7H,3-6,8H2,1-2H3. The number of aromatic nitrogens is 3. The van der Waals surface area contributed by atoms with Gasteiger partial charge in [0.1, 0.15) is 12.2 Å². The van der Waals surface area contributed by atoms with Crippen LogP contribution in [0, 0.1) is 0 Å². The van der Waals surface area contributed by atoms with Gasteiger partial charge in [-0.05, 0) is 13.3 Å². The van der Waals surface area contributed by atoms with Crippen molar-refractivity contribution >= 4 is 34.6 Å². The highest BCUT2D eigenvalue weighted by molar-refractivity contribution is 6.38. The van der Waals surface area contributed by atoms with Gasteiger partial charge in [-0.1, -0.05) is 11.6 Å². The van der Waals surface area contributed by atoms with Crippen LogP contribution in [0.2, 0.25) is 5.02 Å². The molecule has 7 nitrogen and oxygen atoms in total. The zero-order valence-corrected chi connectivity index (χ0v) is 15.4. The van der Waals surface area contributed by atoms with E-state index in [4.69, 9.17) is 21.1 Å². The third kappa shape index (κ3) is 5.31. The van der Waals surface area contributed by atoms with Gasteiger partial charge >= 0.3 is 18.1 Å². The van der Waals surface area contributed by atoms with Crippen LogP contribution >= 0.6 is 11.6 Å². The van der Waals surface area contributed by atoms with E-state index in [0.29, 0.717) is 5.39 Å². The molecule has 0 saturated heterocycles. The summed E-state index contributed by atoms with van der Waals surface area (Å²) < 4.78 is 48.2. The van der Waals surface area contributed by atoms with Gasteiger partial charge in [0.25, 0.3) is 0 Å². The molecule has 2 rings (SSSR count). The van der Waals surface area contributed by atoms with Crippen LogP contribution in [-0.2, 0) is 27.4 Å². The summed E-state index contributed by atoms with van der Waals surface area (Å²) in [5.41, 5.74) is 0.165. The second kappa shape index (κ2) is 8.55. The molecule has 0 saturated carbocycles. The first kappa shape index (κ1) is 20.9. The van der Waals surface area contributed by atoms with E-state index in [9.17, 15) is 22.8 Å². The normalized spacial score (nSPS) is 11.6. The molecular weight excluding hydrogens is 391 g/mol. The first-order chi connectivity index (χ1) is 12.6. The third-order valence-corrected chi connectivity index (χ3v) is 3.91. The van der Waals surface area contributed by atoms with Gasteiger partial charge in [-0.15, -0.1) is 0 Å². The summed E-state index contributed by atoms with van der Waals surface area (Å²) in [6.45, 7) is 2.51. The number of alkyl halides is 3. The Morgan fingerprint density at radius 1 is 1.30 bits per heavy atom. The third-order valence-electron chi connectivity index (χ3n) is 3.52. The lowest BCUT2D eigenvalue weighted by atomic mass is 10.1. The number of carbonyl (C=O) groups excluding carboxylic acids is 2. The van der Waals surface area contributed by atoms with Crippen LogP contribution in [0.1, 0.15) is 42.7 Å². The van der Waals surface area contributed by atoms with Crippen molar-refractivity contribution in [1.82, 2.24) is 14.8 Å². The molecule has 2 aromatic heterocycles. The molecule has 0 aliphatic carbocycles. The van der Waals surface area contributed by atoms with Gasteiger partial charge in [0.05, 0.1) is 28.9 Å². The van der Waals surface area contributed by atoms with E-state index < -0.39 is 24.5 Å². The zero-order chi connectivity index (χ0) is 20.2. The van der Waals surface area contributed by atoms with Crippen molar-refractivity contribution in [3.8, 4) is 0 Å². The van der Waals surface area contributed by atoms with Gasteiger partial charge < -0.3 is 9.47 Å². The summed E-state index contributed by atoms with van der Waals surface area (Å²) in [6.07, 6.45) is -4.12. The van der Waals surface area contributed by atoms with Gasteiger partial charge in [0.2, 0.25) is 0 Å². The quantitative estimate of drug-likeness (QED) is 0.651. The van der Waals surface area contributed by atoms with Crippen LogP contribution in [-0.4, -0.2) is 39.5 Å². The summed E-state index contributed by atoms with van der Waals surface area (Å²) in [7, 11) is 0. The number of esters is 2. The maximum absolute atomic E-state index is 12.4. The molecule has 27 heavy (non-hydrogen) atoms. The fraction of sp³-hybridized carbons (Fsp3) is 0.500. The Kier molecular flexibility index (Phi) is 6.63. The molecule has 0 aromatic carbocycles. The number of nitrogens with zero attached hydrogens (tertiary/aromatic N) is 3. The van der Waals surface area contributed by atoms with E-state index in [1.807, 2.05) is 0 Å². The molecule has 0 amide bonds. The molecule has 2 heterocycles.